The van der Waals surface area contributed by atoms with Crippen molar-refractivity contribution in [2.45, 2.75) is 52.6 Å². The van der Waals surface area contributed by atoms with Crippen molar-refractivity contribution in [1.82, 2.24) is 10.3 Å². The van der Waals surface area contributed by atoms with Crippen LogP contribution in [0.5, 0.6) is 0 Å². The third-order valence-corrected chi connectivity index (χ3v) is 5.99. The Kier molecular flexibility index (Phi) is 2.60. The standard InChI is InChI=1S/C14H22N2S/c1-13(2)10-4-5-14(3,8-10)12(13)16-9-11-15-6-7-17-11/h6-7,10,12,16H,4-5,8-9H2,1-3H3/t10-,12?,14+/m0/s1. The molecule has 0 aromatic carbocycles. The van der Waals surface area contributed by atoms with Crippen LogP contribution < -0.4 is 5.32 Å². The van der Waals surface area contributed by atoms with Crippen molar-refractivity contribution in [3.63, 3.8) is 0 Å². The molecule has 1 aromatic heterocycles. The van der Waals surface area contributed by atoms with Crippen LogP contribution in [0.15, 0.2) is 11.6 Å². The van der Waals surface area contributed by atoms with Gasteiger partial charge in [0, 0.05) is 24.2 Å². The topological polar surface area (TPSA) is 24.9 Å². The molecule has 1 unspecified atom stereocenters. The average molecular weight is 250 g/mol. The molecule has 0 aliphatic heterocycles. The summed E-state index contributed by atoms with van der Waals surface area (Å²) >= 11 is 1.75. The predicted molar refractivity (Wildman–Crippen MR) is 72.0 cm³/mol. The smallest absolute Gasteiger partial charge is 0.106 e. The highest BCUT2D eigenvalue weighted by atomic mass is 32.1. The van der Waals surface area contributed by atoms with Gasteiger partial charge in [-0.05, 0) is 36.0 Å². The summed E-state index contributed by atoms with van der Waals surface area (Å²) in [5.74, 6) is 0.918. The maximum Gasteiger partial charge on any atom is 0.106 e. The van der Waals surface area contributed by atoms with Gasteiger partial charge >= 0.3 is 0 Å². The second-order valence-corrected chi connectivity index (χ2v) is 7.63. The molecule has 1 N–H and O–H groups in total. The molecule has 3 rings (SSSR count). The van der Waals surface area contributed by atoms with Crippen LogP contribution >= 0.6 is 11.3 Å². The second kappa shape index (κ2) is 3.79. The van der Waals surface area contributed by atoms with Gasteiger partial charge in [-0.3, -0.25) is 0 Å². The molecule has 2 saturated carbocycles. The first-order chi connectivity index (χ1) is 8.02. The Balaban J connectivity index is 1.74. The van der Waals surface area contributed by atoms with Gasteiger partial charge in [0.25, 0.3) is 0 Å². The van der Waals surface area contributed by atoms with E-state index in [0.29, 0.717) is 16.9 Å². The minimum Gasteiger partial charge on any atom is -0.307 e. The molecule has 2 fully saturated rings. The SMILES string of the molecule is CC1(C)C(NCc2nccs2)[C@]2(C)CC[C@H]1C2. The van der Waals surface area contributed by atoms with Crippen LogP contribution in [-0.2, 0) is 6.54 Å². The molecule has 3 atom stereocenters. The van der Waals surface area contributed by atoms with Gasteiger partial charge in [-0.2, -0.15) is 0 Å². The average Bonchev–Trinajstić information content (AvgIpc) is 2.90. The van der Waals surface area contributed by atoms with E-state index in [-0.39, 0.29) is 0 Å². The zero-order chi connectivity index (χ0) is 12.1. The van der Waals surface area contributed by atoms with Gasteiger partial charge in [0.2, 0.25) is 0 Å². The zero-order valence-corrected chi connectivity index (χ0v) is 11.8. The number of hydrogen-bond donors (Lipinski definition) is 1. The van der Waals surface area contributed by atoms with E-state index in [0.717, 1.165) is 12.5 Å². The third kappa shape index (κ3) is 1.75. The summed E-state index contributed by atoms with van der Waals surface area (Å²) in [6, 6.07) is 0.651. The molecule has 1 heterocycles. The fourth-order valence-corrected chi connectivity index (χ4v) is 4.91. The van der Waals surface area contributed by atoms with E-state index in [1.807, 2.05) is 6.20 Å². The molecular weight excluding hydrogens is 228 g/mol. The Morgan fingerprint density at radius 3 is 2.88 bits per heavy atom. The van der Waals surface area contributed by atoms with Crippen molar-refractivity contribution in [3.8, 4) is 0 Å². The molecule has 1 aromatic rings. The third-order valence-electron chi connectivity index (χ3n) is 5.21. The van der Waals surface area contributed by atoms with Gasteiger partial charge in [0.05, 0.1) is 0 Å². The van der Waals surface area contributed by atoms with E-state index < -0.39 is 0 Å². The number of nitrogens with zero attached hydrogens (tertiary/aromatic N) is 1. The maximum absolute atomic E-state index is 4.37. The summed E-state index contributed by atoms with van der Waals surface area (Å²) in [5, 5.41) is 7.07. The molecule has 0 amide bonds. The highest BCUT2D eigenvalue weighted by Crippen LogP contribution is 2.62. The van der Waals surface area contributed by atoms with E-state index in [4.69, 9.17) is 0 Å². The molecular formula is C14H22N2S. The van der Waals surface area contributed by atoms with Crippen molar-refractivity contribution in [3.05, 3.63) is 16.6 Å². The van der Waals surface area contributed by atoms with Crippen LogP contribution in [0.25, 0.3) is 0 Å². The second-order valence-electron chi connectivity index (χ2n) is 6.65. The van der Waals surface area contributed by atoms with Crippen LogP contribution in [0.3, 0.4) is 0 Å². The highest BCUT2D eigenvalue weighted by molar-refractivity contribution is 7.09. The molecule has 2 nitrogen and oxygen atoms in total. The number of rotatable bonds is 3. The van der Waals surface area contributed by atoms with Gasteiger partial charge in [0.15, 0.2) is 0 Å². The van der Waals surface area contributed by atoms with Gasteiger partial charge in [-0.25, -0.2) is 4.98 Å². The van der Waals surface area contributed by atoms with Crippen molar-refractivity contribution < 1.29 is 0 Å². The van der Waals surface area contributed by atoms with E-state index in [1.165, 1.54) is 24.3 Å². The van der Waals surface area contributed by atoms with E-state index in [9.17, 15) is 0 Å². The highest BCUT2D eigenvalue weighted by Gasteiger charge is 2.58. The number of aromatic nitrogens is 1. The zero-order valence-electron chi connectivity index (χ0n) is 11.0. The number of thiazole rings is 1. The van der Waals surface area contributed by atoms with Crippen LogP contribution in [0.1, 0.15) is 45.0 Å². The maximum atomic E-state index is 4.37. The predicted octanol–water partition coefficient (Wildman–Crippen LogP) is 3.45. The van der Waals surface area contributed by atoms with E-state index in [2.05, 4.69) is 36.5 Å². The lowest BCUT2D eigenvalue weighted by molar-refractivity contribution is 0.108. The first-order valence-corrected chi connectivity index (χ1v) is 7.52. The van der Waals surface area contributed by atoms with Crippen LogP contribution in [0.2, 0.25) is 0 Å². The number of fused-ring (bicyclic) bond motifs is 2. The van der Waals surface area contributed by atoms with Crippen molar-refractivity contribution in [2.75, 3.05) is 0 Å². The Labute approximate surface area is 108 Å². The van der Waals surface area contributed by atoms with Crippen molar-refractivity contribution in [2.24, 2.45) is 16.7 Å². The molecule has 0 radical (unpaired) electrons. The van der Waals surface area contributed by atoms with Crippen molar-refractivity contribution >= 4 is 11.3 Å². The number of nitrogens with one attached hydrogen (secondary N) is 1. The lowest BCUT2D eigenvalue weighted by Gasteiger charge is -2.43. The fraction of sp³-hybridized carbons (Fsp3) is 0.786. The molecule has 2 aliphatic rings. The van der Waals surface area contributed by atoms with Crippen LogP contribution in [0, 0.1) is 16.7 Å². The van der Waals surface area contributed by atoms with Gasteiger partial charge in [0.1, 0.15) is 5.01 Å². The van der Waals surface area contributed by atoms with Gasteiger partial charge in [-0.15, -0.1) is 11.3 Å². The van der Waals surface area contributed by atoms with Gasteiger partial charge in [-0.1, -0.05) is 20.8 Å². The van der Waals surface area contributed by atoms with Crippen molar-refractivity contribution in [1.29, 1.82) is 0 Å². The van der Waals surface area contributed by atoms with E-state index in [1.54, 1.807) is 11.3 Å². The summed E-state index contributed by atoms with van der Waals surface area (Å²) in [4.78, 5) is 4.37. The molecule has 2 aliphatic carbocycles. The monoisotopic (exact) mass is 250 g/mol. The molecule has 0 spiro atoms. The summed E-state index contributed by atoms with van der Waals surface area (Å²) < 4.78 is 0. The Bertz CT molecular complexity index is 394. The fourth-order valence-electron chi connectivity index (χ4n) is 4.34. The molecule has 0 saturated heterocycles. The summed E-state index contributed by atoms with van der Waals surface area (Å²) in [6.07, 6.45) is 6.14. The summed E-state index contributed by atoms with van der Waals surface area (Å²) in [7, 11) is 0. The molecule has 94 valence electrons. The molecule has 17 heavy (non-hydrogen) atoms. The first-order valence-electron chi connectivity index (χ1n) is 6.64. The summed E-state index contributed by atoms with van der Waals surface area (Å²) in [5.41, 5.74) is 0.968. The lowest BCUT2D eigenvalue weighted by atomic mass is 9.68. The largest absolute Gasteiger partial charge is 0.307 e. The van der Waals surface area contributed by atoms with E-state index >= 15 is 0 Å². The van der Waals surface area contributed by atoms with Crippen LogP contribution in [-0.4, -0.2) is 11.0 Å². The quantitative estimate of drug-likeness (QED) is 0.889. The Morgan fingerprint density at radius 1 is 1.47 bits per heavy atom. The lowest BCUT2D eigenvalue weighted by Crippen LogP contribution is -2.49. The Morgan fingerprint density at radius 2 is 2.29 bits per heavy atom. The minimum atomic E-state index is 0.449. The summed E-state index contributed by atoms with van der Waals surface area (Å²) in [6.45, 7) is 8.30. The van der Waals surface area contributed by atoms with Gasteiger partial charge < -0.3 is 5.32 Å². The van der Waals surface area contributed by atoms with Crippen LogP contribution in [0.4, 0.5) is 0 Å². The Hall–Kier alpha value is -0.410. The first kappa shape index (κ1) is 11.7. The molecule has 3 heteroatoms. The number of hydrogen-bond acceptors (Lipinski definition) is 3. The normalized spacial score (nSPS) is 38.8. The minimum absolute atomic E-state index is 0.449. The molecule has 2 bridgehead atoms.